The van der Waals surface area contributed by atoms with Crippen molar-refractivity contribution in [3.05, 3.63) is 142 Å². The van der Waals surface area contributed by atoms with Crippen LogP contribution in [0.5, 0.6) is 0 Å². The molecule has 2 atom stereocenters. The van der Waals surface area contributed by atoms with E-state index in [1.54, 1.807) is 9.13 Å². The van der Waals surface area contributed by atoms with Gasteiger partial charge in [-0.2, -0.15) is 0 Å². The molecule has 0 bridgehead atoms. The molecule has 0 amide bonds. The summed E-state index contributed by atoms with van der Waals surface area (Å²) in [6, 6.07) is 34.1. The summed E-state index contributed by atoms with van der Waals surface area (Å²) in [5.41, 5.74) is 3.37. The SMILES string of the molecule is OC(c1nnc(SCc2ccccc2Cl)n1-c1ccccc1)C(O)c1nnc(SCc2ccccc2Cl)n1-c1ccccc1. The van der Waals surface area contributed by atoms with E-state index in [4.69, 9.17) is 23.2 Å². The fraction of sp³-hybridized carbons (Fsp3) is 0.125. The summed E-state index contributed by atoms with van der Waals surface area (Å²) in [5, 5.41) is 43.1. The first kappa shape index (κ1) is 30.4. The summed E-state index contributed by atoms with van der Waals surface area (Å²) in [6.07, 6.45) is -2.96. The van der Waals surface area contributed by atoms with Gasteiger partial charge in [0.1, 0.15) is 12.2 Å². The van der Waals surface area contributed by atoms with Gasteiger partial charge < -0.3 is 10.2 Å². The topological polar surface area (TPSA) is 102 Å². The van der Waals surface area contributed by atoms with Crippen LogP contribution in [-0.4, -0.2) is 39.7 Å². The molecule has 6 rings (SSSR count). The first-order chi connectivity index (χ1) is 21.5. The van der Waals surface area contributed by atoms with Crippen LogP contribution >= 0.6 is 46.7 Å². The van der Waals surface area contributed by atoms with Crippen molar-refractivity contribution in [1.29, 1.82) is 0 Å². The number of thioether (sulfide) groups is 2. The second kappa shape index (κ2) is 14.0. The third kappa shape index (κ3) is 6.56. The minimum absolute atomic E-state index is 0.165. The van der Waals surface area contributed by atoms with Crippen molar-refractivity contribution in [1.82, 2.24) is 29.5 Å². The second-order valence-electron chi connectivity index (χ2n) is 9.67. The fourth-order valence-electron chi connectivity index (χ4n) is 4.57. The molecular formula is C32H26Cl2N6O2S2. The van der Waals surface area contributed by atoms with Gasteiger partial charge in [-0.25, -0.2) is 0 Å². The highest BCUT2D eigenvalue weighted by Gasteiger charge is 2.33. The molecule has 2 unspecified atom stereocenters. The summed E-state index contributed by atoms with van der Waals surface area (Å²) >= 11 is 15.6. The van der Waals surface area contributed by atoms with E-state index in [-0.39, 0.29) is 11.6 Å². The minimum Gasteiger partial charge on any atom is -0.382 e. The van der Waals surface area contributed by atoms with Gasteiger partial charge in [-0.1, -0.05) is 120 Å². The van der Waals surface area contributed by atoms with Crippen molar-refractivity contribution in [3.8, 4) is 11.4 Å². The Morgan fingerprint density at radius 1 is 0.523 bits per heavy atom. The predicted octanol–water partition coefficient (Wildman–Crippen LogP) is 7.51. The molecule has 0 saturated carbocycles. The van der Waals surface area contributed by atoms with Crippen LogP contribution in [0.25, 0.3) is 11.4 Å². The summed E-state index contributed by atoms with van der Waals surface area (Å²) in [5.74, 6) is 1.41. The van der Waals surface area contributed by atoms with Crippen LogP contribution in [0.1, 0.15) is 35.0 Å². The van der Waals surface area contributed by atoms with Crippen LogP contribution in [0, 0.1) is 0 Å². The predicted molar refractivity (Wildman–Crippen MR) is 175 cm³/mol. The Balaban J connectivity index is 1.34. The Bertz CT molecular complexity index is 1720. The number of aliphatic hydroxyl groups excluding tert-OH is 2. The number of benzene rings is 4. The molecule has 44 heavy (non-hydrogen) atoms. The first-order valence-corrected chi connectivity index (χ1v) is 16.3. The Morgan fingerprint density at radius 2 is 0.886 bits per heavy atom. The van der Waals surface area contributed by atoms with E-state index >= 15 is 0 Å². The van der Waals surface area contributed by atoms with E-state index in [9.17, 15) is 10.2 Å². The average Bonchev–Trinajstić information content (AvgIpc) is 3.69. The molecule has 0 aliphatic carbocycles. The minimum atomic E-state index is -1.48. The highest BCUT2D eigenvalue weighted by atomic mass is 35.5. The van der Waals surface area contributed by atoms with Gasteiger partial charge in [0.25, 0.3) is 0 Å². The molecule has 2 heterocycles. The monoisotopic (exact) mass is 660 g/mol. The van der Waals surface area contributed by atoms with Gasteiger partial charge in [0.05, 0.1) is 0 Å². The fourth-order valence-corrected chi connectivity index (χ4v) is 7.06. The number of rotatable bonds is 11. The molecule has 12 heteroatoms. The summed E-state index contributed by atoms with van der Waals surface area (Å²) in [4.78, 5) is 0. The average molecular weight is 662 g/mol. The van der Waals surface area contributed by atoms with Crippen molar-refractivity contribution in [2.75, 3.05) is 0 Å². The molecule has 8 nitrogen and oxygen atoms in total. The van der Waals surface area contributed by atoms with E-state index < -0.39 is 12.2 Å². The van der Waals surface area contributed by atoms with Crippen LogP contribution in [0.4, 0.5) is 0 Å². The van der Waals surface area contributed by atoms with E-state index in [0.29, 0.717) is 31.9 Å². The zero-order valence-corrected chi connectivity index (χ0v) is 26.3. The number of halogens is 2. The quantitative estimate of drug-likeness (QED) is 0.138. The zero-order chi connectivity index (χ0) is 30.5. The number of para-hydroxylation sites is 2. The standard InChI is InChI=1S/C32H26Cl2N6O2S2/c33-25-17-9-7-11-21(25)19-43-31-37-35-29(39(31)23-13-3-1-4-14-23)27(41)28(42)30-36-38-32(40(30)24-15-5-2-6-16-24)44-20-22-12-8-10-18-26(22)34/h1-18,27-28,41-42H,19-20H2. The van der Waals surface area contributed by atoms with Gasteiger partial charge in [0.15, 0.2) is 22.0 Å². The van der Waals surface area contributed by atoms with Crippen molar-refractivity contribution >= 4 is 46.7 Å². The Morgan fingerprint density at radius 3 is 1.27 bits per heavy atom. The first-order valence-electron chi connectivity index (χ1n) is 13.6. The number of hydrogen-bond donors (Lipinski definition) is 2. The van der Waals surface area contributed by atoms with Crippen molar-refractivity contribution in [2.45, 2.75) is 34.0 Å². The van der Waals surface area contributed by atoms with Crippen LogP contribution in [0.3, 0.4) is 0 Å². The van der Waals surface area contributed by atoms with Gasteiger partial charge >= 0.3 is 0 Å². The maximum Gasteiger partial charge on any atom is 0.196 e. The molecule has 0 spiro atoms. The van der Waals surface area contributed by atoms with E-state index in [0.717, 1.165) is 22.5 Å². The van der Waals surface area contributed by atoms with Crippen molar-refractivity contribution in [2.24, 2.45) is 0 Å². The Labute approximate surface area is 272 Å². The maximum absolute atomic E-state index is 11.6. The molecule has 6 aromatic rings. The van der Waals surface area contributed by atoms with Gasteiger partial charge in [-0.05, 0) is 47.5 Å². The summed E-state index contributed by atoms with van der Waals surface area (Å²) < 4.78 is 3.48. The van der Waals surface area contributed by atoms with Gasteiger partial charge in [-0.15, -0.1) is 20.4 Å². The molecule has 0 radical (unpaired) electrons. The number of nitrogens with zero attached hydrogens (tertiary/aromatic N) is 6. The molecule has 222 valence electrons. The molecule has 2 aromatic heterocycles. The lowest BCUT2D eigenvalue weighted by molar-refractivity contribution is 0.00399. The lowest BCUT2D eigenvalue weighted by atomic mass is 10.1. The summed E-state index contributed by atoms with van der Waals surface area (Å²) in [7, 11) is 0. The third-order valence-electron chi connectivity index (χ3n) is 6.80. The molecule has 2 N–H and O–H groups in total. The van der Waals surface area contributed by atoms with Crippen molar-refractivity contribution < 1.29 is 10.2 Å². The molecule has 0 aliphatic heterocycles. The molecule has 0 fully saturated rings. The van der Waals surface area contributed by atoms with Gasteiger partial charge in [-0.3, -0.25) is 9.13 Å². The molecular weight excluding hydrogens is 635 g/mol. The van der Waals surface area contributed by atoms with Crippen LogP contribution in [0.15, 0.2) is 120 Å². The highest BCUT2D eigenvalue weighted by Crippen LogP contribution is 2.36. The highest BCUT2D eigenvalue weighted by molar-refractivity contribution is 7.98. The molecule has 0 aliphatic rings. The van der Waals surface area contributed by atoms with Gasteiger partial charge in [0.2, 0.25) is 0 Å². The number of aliphatic hydroxyl groups is 2. The second-order valence-corrected chi connectivity index (χ2v) is 12.4. The van der Waals surface area contributed by atoms with E-state index in [1.807, 2.05) is 109 Å². The summed E-state index contributed by atoms with van der Waals surface area (Å²) in [6.45, 7) is 0. The lowest BCUT2D eigenvalue weighted by Gasteiger charge is -2.20. The number of hydrogen-bond acceptors (Lipinski definition) is 8. The maximum atomic E-state index is 11.6. The normalized spacial score (nSPS) is 12.7. The Kier molecular flexibility index (Phi) is 9.66. The zero-order valence-electron chi connectivity index (χ0n) is 23.1. The van der Waals surface area contributed by atoms with Gasteiger partial charge in [0, 0.05) is 32.9 Å². The van der Waals surface area contributed by atoms with Crippen LogP contribution in [0.2, 0.25) is 10.0 Å². The molecule has 4 aromatic carbocycles. The van der Waals surface area contributed by atoms with Crippen molar-refractivity contribution in [3.63, 3.8) is 0 Å². The molecule has 0 saturated heterocycles. The van der Waals surface area contributed by atoms with Crippen LogP contribution in [-0.2, 0) is 11.5 Å². The smallest absolute Gasteiger partial charge is 0.196 e. The number of aromatic nitrogens is 6. The Hall–Kier alpha value is -3.64. The lowest BCUT2D eigenvalue weighted by Crippen LogP contribution is -2.19. The van der Waals surface area contributed by atoms with E-state index in [1.165, 1.54) is 23.5 Å². The van der Waals surface area contributed by atoms with E-state index in [2.05, 4.69) is 20.4 Å². The third-order valence-corrected chi connectivity index (χ3v) is 9.50. The largest absolute Gasteiger partial charge is 0.382 e. The van der Waals surface area contributed by atoms with Crippen LogP contribution < -0.4 is 0 Å².